The van der Waals surface area contributed by atoms with Gasteiger partial charge in [-0.05, 0) is 42.5 Å². The summed E-state index contributed by atoms with van der Waals surface area (Å²) in [4.78, 5) is 24.8. The first-order valence-corrected chi connectivity index (χ1v) is 9.04. The molecule has 0 saturated carbocycles. The van der Waals surface area contributed by atoms with Gasteiger partial charge < -0.3 is 10.2 Å². The van der Waals surface area contributed by atoms with Gasteiger partial charge in [0.25, 0.3) is 15.9 Å². The van der Waals surface area contributed by atoms with E-state index in [-0.39, 0.29) is 28.6 Å². The summed E-state index contributed by atoms with van der Waals surface area (Å²) in [5.74, 6) is -1.35. The number of hydrogen-bond donors (Lipinski definition) is 2. The smallest absolute Gasteiger partial charge is 0.261 e. The largest absolute Gasteiger partial charge is 0.347 e. The lowest BCUT2D eigenvalue weighted by Crippen LogP contribution is -2.36. The van der Waals surface area contributed by atoms with Crippen molar-refractivity contribution >= 4 is 27.5 Å². The van der Waals surface area contributed by atoms with Crippen molar-refractivity contribution in [3.63, 3.8) is 0 Å². The van der Waals surface area contributed by atoms with Gasteiger partial charge in [0.2, 0.25) is 5.91 Å². The summed E-state index contributed by atoms with van der Waals surface area (Å²) in [6, 6.07) is 10.2. The highest BCUT2D eigenvalue weighted by molar-refractivity contribution is 7.92. The summed E-state index contributed by atoms with van der Waals surface area (Å²) >= 11 is 0. The van der Waals surface area contributed by atoms with E-state index in [2.05, 4.69) is 10.0 Å². The molecule has 0 aliphatic heterocycles. The van der Waals surface area contributed by atoms with Crippen LogP contribution >= 0.6 is 0 Å². The van der Waals surface area contributed by atoms with Gasteiger partial charge in [-0.25, -0.2) is 12.8 Å². The zero-order valence-electron chi connectivity index (χ0n) is 14.2. The monoisotopic (exact) mass is 379 g/mol. The lowest BCUT2D eigenvalue weighted by atomic mass is 10.2. The van der Waals surface area contributed by atoms with E-state index in [0.717, 1.165) is 12.1 Å². The van der Waals surface area contributed by atoms with E-state index < -0.39 is 21.7 Å². The minimum Gasteiger partial charge on any atom is -0.347 e. The summed E-state index contributed by atoms with van der Waals surface area (Å²) in [6.45, 7) is -0.198. The molecule has 0 aliphatic rings. The van der Waals surface area contributed by atoms with Crippen molar-refractivity contribution in [2.75, 3.05) is 25.4 Å². The molecule has 0 saturated heterocycles. The van der Waals surface area contributed by atoms with Gasteiger partial charge in [0.05, 0.1) is 11.4 Å². The molecule has 2 N–H and O–H groups in total. The maximum Gasteiger partial charge on any atom is 0.261 e. The maximum absolute atomic E-state index is 12.9. The first-order chi connectivity index (χ1) is 12.2. The molecule has 0 atom stereocenters. The third-order valence-electron chi connectivity index (χ3n) is 3.40. The number of nitrogens with zero attached hydrogens (tertiary/aromatic N) is 1. The first kappa shape index (κ1) is 19.4. The van der Waals surface area contributed by atoms with E-state index in [1.165, 1.54) is 41.3 Å². The van der Waals surface area contributed by atoms with E-state index in [4.69, 9.17) is 0 Å². The van der Waals surface area contributed by atoms with Gasteiger partial charge in [-0.3, -0.25) is 14.3 Å². The highest BCUT2D eigenvalue weighted by Crippen LogP contribution is 2.17. The van der Waals surface area contributed by atoms with Gasteiger partial charge in [0.15, 0.2) is 0 Å². The number of anilines is 1. The first-order valence-electron chi connectivity index (χ1n) is 7.56. The molecular formula is C17H18FN3O4S. The molecule has 26 heavy (non-hydrogen) atoms. The molecule has 0 fully saturated rings. The normalized spacial score (nSPS) is 10.9. The summed E-state index contributed by atoms with van der Waals surface area (Å²) in [7, 11) is -0.838. The Labute approximate surface area is 150 Å². The van der Waals surface area contributed by atoms with Crippen molar-refractivity contribution in [2.24, 2.45) is 0 Å². The quantitative estimate of drug-likeness (QED) is 0.794. The summed E-state index contributed by atoms with van der Waals surface area (Å²) < 4.78 is 40.1. The zero-order valence-corrected chi connectivity index (χ0v) is 15.0. The molecule has 2 aromatic carbocycles. The number of amides is 2. The van der Waals surface area contributed by atoms with Gasteiger partial charge >= 0.3 is 0 Å². The standard InChI is InChI=1S/C17H18FN3O4S/c1-21(2)16(22)11-19-17(23)12-4-3-5-15(10-12)26(24,25)20-14-8-6-13(18)7-9-14/h3-10,20H,11H2,1-2H3,(H,19,23). The fourth-order valence-corrected chi connectivity index (χ4v) is 3.06. The Bertz CT molecular complexity index is 912. The molecule has 7 nitrogen and oxygen atoms in total. The molecule has 2 aromatic rings. The van der Waals surface area contributed by atoms with Crippen LogP contribution < -0.4 is 10.0 Å². The van der Waals surface area contributed by atoms with Crippen molar-refractivity contribution in [2.45, 2.75) is 4.90 Å². The van der Waals surface area contributed by atoms with Crippen LogP contribution in [0.3, 0.4) is 0 Å². The highest BCUT2D eigenvalue weighted by Gasteiger charge is 2.17. The van der Waals surface area contributed by atoms with E-state index in [1.54, 1.807) is 14.1 Å². The second-order valence-corrected chi connectivity index (χ2v) is 7.29. The minimum absolute atomic E-state index is 0.0959. The second kappa shape index (κ2) is 7.96. The number of rotatable bonds is 6. The van der Waals surface area contributed by atoms with Gasteiger partial charge in [0.1, 0.15) is 5.82 Å². The maximum atomic E-state index is 12.9. The topological polar surface area (TPSA) is 95.6 Å². The number of sulfonamides is 1. The number of halogens is 1. The minimum atomic E-state index is -3.95. The average Bonchev–Trinajstić information content (AvgIpc) is 2.61. The number of carbonyl (C=O) groups is 2. The highest BCUT2D eigenvalue weighted by atomic mass is 32.2. The van der Waals surface area contributed by atoms with Gasteiger partial charge in [-0.1, -0.05) is 6.07 Å². The summed E-state index contributed by atoms with van der Waals surface area (Å²) in [6.07, 6.45) is 0. The Morgan fingerprint density at radius 2 is 1.73 bits per heavy atom. The Morgan fingerprint density at radius 1 is 1.08 bits per heavy atom. The number of benzene rings is 2. The van der Waals surface area contributed by atoms with Crippen molar-refractivity contribution in [1.29, 1.82) is 0 Å². The van der Waals surface area contributed by atoms with Crippen molar-refractivity contribution in [3.8, 4) is 0 Å². The van der Waals surface area contributed by atoms with E-state index in [0.29, 0.717) is 0 Å². The van der Waals surface area contributed by atoms with Crippen LogP contribution in [0.5, 0.6) is 0 Å². The Balaban J connectivity index is 2.15. The molecule has 9 heteroatoms. The third-order valence-corrected chi connectivity index (χ3v) is 4.78. The van der Waals surface area contributed by atoms with Crippen LogP contribution in [0, 0.1) is 5.82 Å². The summed E-state index contributed by atoms with van der Waals surface area (Å²) in [5, 5.41) is 2.43. The molecule has 0 aromatic heterocycles. The van der Waals surface area contributed by atoms with Crippen LogP contribution in [0.4, 0.5) is 10.1 Å². The Hall–Kier alpha value is -2.94. The Morgan fingerprint density at radius 3 is 2.35 bits per heavy atom. The van der Waals surface area contributed by atoms with Gasteiger partial charge in [-0.15, -0.1) is 0 Å². The molecule has 0 unspecified atom stereocenters. The zero-order chi connectivity index (χ0) is 19.3. The SMILES string of the molecule is CN(C)C(=O)CNC(=O)c1cccc(S(=O)(=O)Nc2ccc(F)cc2)c1. The van der Waals surface area contributed by atoms with E-state index in [1.807, 2.05) is 0 Å². The predicted octanol–water partition coefficient (Wildman–Crippen LogP) is 1.44. The van der Waals surface area contributed by atoms with Crippen molar-refractivity contribution in [1.82, 2.24) is 10.2 Å². The molecule has 0 aliphatic carbocycles. The molecule has 0 spiro atoms. The van der Waals surface area contributed by atoms with Crippen LogP contribution in [0.25, 0.3) is 0 Å². The number of hydrogen-bond acceptors (Lipinski definition) is 4. The molecule has 138 valence electrons. The van der Waals surface area contributed by atoms with Crippen LogP contribution in [0.2, 0.25) is 0 Å². The molecule has 2 amide bonds. The molecule has 2 rings (SSSR count). The third kappa shape index (κ3) is 5.03. The lowest BCUT2D eigenvalue weighted by molar-refractivity contribution is -0.127. The summed E-state index contributed by atoms with van der Waals surface area (Å²) in [5.41, 5.74) is 0.288. The van der Waals surface area contributed by atoms with Crippen molar-refractivity contribution < 1.29 is 22.4 Å². The van der Waals surface area contributed by atoms with Crippen LogP contribution in [-0.4, -0.2) is 45.8 Å². The van der Waals surface area contributed by atoms with Gasteiger partial charge in [0, 0.05) is 25.3 Å². The molecule has 0 bridgehead atoms. The lowest BCUT2D eigenvalue weighted by Gasteiger charge is -2.12. The fourth-order valence-electron chi connectivity index (χ4n) is 1.95. The van der Waals surface area contributed by atoms with E-state index in [9.17, 15) is 22.4 Å². The fraction of sp³-hybridized carbons (Fsp3) is 0.176. The predicted molar refractivity (Wildman–Crippen MR) is 94.7 cm³/mol. The number of nitrogens with one attached hydrogen (secondary N) is 2. The average molecular weight is 379 g/mol. The number of carbonyl (C=O) groups excluding carboxylic acids is 2. The van der Waals surface area contributed by atoms with Crippen molar-refractivity contribution in [3.05, 3.63) is 59.9 Å². The molecular weight excluding hydrogens is 361 g/mol. The van der Waals surface area contributed by atoms with Crippen LogP contribution in [0.15, 0.2) is 53.4 Å². The molecule has 0 heterocycles. The number of likely N-dealkylation sites (N-methyl/N-ethyl adjacent to an activating group) is 1. The van der Waals surface area contributed by atoms with Crippen LogP contribution in [-0.2, 0) is 14.8 Å². The Kier molecular flexibility index (Phi) is 5.93. The molecule has 0 radical (unpaired) electrons. The second-order valence-electron chi connectivity index (χ2n) is 5.61. The van der Waals surface area contributed by atoms with E-state index >= 15 is 0 Å². The van der Waals surface area contributed by atoms with Gasteiger partial charge in [-0.2, -0.15) is 0 Å². The van der Waals surface area contributed by atoms with Crippen LogP contribution in [0.1, 0.15) is 10.4 Å².